The number of rotatable bonds is 18. The Morgan fingerprint density at radius 1 is 0.863 bits per heavy atom. The number of para-hydroxylation sites is 1. The fraction of sp³-hybridized carbons (Fsp3) is 0.492. The third-order valence-corrected chi connectivity index (χ3v) is 16.4. The van der Waals surface area contributed by atoms with Crippen molar-refractivity contribution in [2.75, 3.05) is 94.8 Å². The molecule has 9 rings (SSSR count). The molecule has 18 nitrogen and oxygen atoms in total. The van der Waals surface area contributed by atoms with Crippen molar-refractivity contribution in [1.82, 2.24) is 36.0 Å². The second-order valence-corrected chi connectivity index (χ2v) is 22.1. The van der Waals surface area contributed by atoms with Crippen LogP contribution in [0.4, 0.5) is 30.2 Å². The van der Waals surface area contributed by atoms with Gasteiger partial charge in [0.2, 0.25) is 29.5 Å². The zero-order valence-electron chi connectivity index (χ0n) is 46.0. The van der Waals surface area contributed by atoms with Gasteiger partial charge in [-0.1, -0.05) is 36.4 Å². The zero-order valence-corrected chi connectivity index (χ0v) is 46.0. The van der Waals surface area contributed by atoms with Gasteiger partial charge in [-0.3, -0.25) is 38.6 Å². The number of nitrogens with one attached hydrogen (secondary N) is 6. The minimum Gasteiger partial charge on any atom is -0.381 e. The first-order chi connectivity index (χ1) is 38.4. The Labute approximate surface area is 464 Å². The summed E-state index contributed by atoms with van der Waals surface area (Å²) in [6, 6.07) is 17.2. The van der Waals surface area contributed by atoms with Gasteiger partial charge in [0.15, 0.2) is 0 Å². The van der Waals surface area contributed by atoms with E-state index < -0.39 is 64.5 Å². The first-order valence-corrected chi connectivity index (χ1v) is 27.7. The van der Waals surface area contributed by atoms with E-state index in [9.17, 15) is 33.2 Å². The van der Waals surface area contributed by atoms with Gasteiger partial charge in [-0.05, 0) is 130 Å². The summed E-state index contributed by atoms with van der Waals surface area (Å²) >= 11 is 0. The molecular formula is C59H73F3N10O8. The third-order valence-electron chi connectivity index (χ3n) is 16.4. The summed E-state index contributed by atoms with van der Waals surface area (Å²) in [4.78, 5) is 93.1. The van der Waals surface area contributed by atoms with Crippen molar-refractivity contribution in [2.24, 2.45) is 5.92 Å². The van der Waals surface area contributed by atoms with Gasteiger partial charge in [-0.15, -0.1) is 0 Å². The molecule has 0 bridgehead atoms. The predicted octanol–water partition coefficient (Wildman–Crippen LogP) is 4.37. The molecule has 0 saturated carbocycles. The van der Waals surface area contributed by atoms with Crippen LogP contribution >= 0.6 is 0 Å². The van der Waals surface area contributed by atoms with Crippen molar-refractivity contribution in [1.29, 1.82) is 0 Å². The normalized spacial score (nSPS) is 23.1. The highest BCUT2D eigenvalue weighted by atomic mass is 19.1. The summed E-state index contributed by atoms with van der Waals surface area (Å²) in [6.45, 7) is 12.7. The molecule has 0 spiro atoms. The summed E-state index contributed by atoms with van der Waals surface area (Å²) in [5.41, 5.74) is 2.19. The highest BCUT2D eigenvalue weighted by Crippen LogP contribution is 2.43. The lowest BCUT2D eigenvalue weighted by molar-refractivity contribution is -0.144. The molecule has 4 aromatic rings. The second kappa shape index (κ2) is 25.4. The van der Waals surface area contributed by atoms with Crippen molar-refractivity contribution in [3.05, 3.63) is 124 Å². The number of piperazine rings is 1. The SMILES string of the molecule is CNC(C)C(=O)NC(C(=O)N1Cc2ccc(NC(=O)CCNC(=O)[C@]3(C)CN(C(=O)CN4C[C@@H](C)NC[C@@H]4CN4CCOC[C@H]4C)c4cc(Cc5ccc(F)cc5)ccc43)cc2[C@H]1C(=O)Nc1c(F)cccc1F)C1CCOCC1. The van der Waals surface area contributed by atoms with Gasteiger partial charge >= 0.3 is 0 Å². The quantitative estimate of drug-likeness (QED) is 0.0823. The van der Waals surface area contributed by atoms with E-state index in [1.807, 2.05) is 18.2 Å². The Balaban J connectivity index is 0.905. The molecule has 4 aromatic carbocycles. The zero-order chi connectivity index (χ0) is 56.8. The molecule has 7 atom stereocenters. The predicted molar refractivity (Wildman–Crippen MR) is 295 cm³/mol. The van der Waals surface area contributed by atoms with Crippen LogP contribution in [0.5, 0.6) is 0 Å². The number of carbonyl (C=O) groups is 6. The highest BCUT2D eigenvalue weighted by Gasteiger charge is 2.48. The Hall–Kier alpha value is -6.75. The maximum atomic E-state index is 15.0. The summed E-state index contributed by atoms with van der Waals surface area (Å²) in [7, 11) is 1.61. The van der Waals surface area contributed by atoms with Crippen LogP contribution in [0.3, 0.4) is 0 Å². The topological polar surface area (TPSA) is 206 Å². The molecule has 2 unspecified atom stereocenters. The number of benzene rings is 4. The summed E-state index contributed by atoms with van der Waals surface area (Å²) in [6.07, 6.45) is 1.21. The first kappa shape index (κ1) is 57.9. The maximum absolute atomic E-state index is 15.0. The lowest BCUT2D eigenvalue weighted by Crippen LogP contribution is -2.62. The van der Waals surface area contributed by atoms with Crippen LogP contribution in [0, 0.1) is 23.4 Å². The minimum absolute atomic E-state index is 0.0518. The van der Waals surface area contributed by atoms with E-state index in [-0.39, 0.29) is 80.0 Å². The molecule has 6 N–H and O–H groups in total. The number of anilines is 3. The van der Waals surface area contributed by atoms with Crippen LogP contribution in [0.25, 0.3) is 0 Å². The average Bonchev–Trinajstić information content (AvgIpc) is 4.19. The van der Waals surface area contributed by atoms with E-state index in [1.54, 1.807) is 50.1 Å². The number of amides is 6. The molecule has 0 aromatic heterocycles. The third kappa shape index (κ3) is 13.0. The lowest BCUT2D eigenvalue weighted by atomic mass is 9.83. The molecule has 5 aliphatic rings. The largest absolute Gasteiger partial charge is 0.381 e. The molecule has 428 valence electrons. The van der Waals surface area contributed by atoms with E-state index in [0.717, 1.165) is 42.4 Å². The number of hydrogen-bond acceptors (Lipinski definition) is 12. The fourth-order valence-corrected chi connectivity index (χ4v) is 11.6. The van der Waals surface area contributed by atoms with Gasteiger partial charge in [0.25, 0.3) is 5.91 Å². The van der Waals surface area contributed by atoms with Gasteiger partial charge in [-0.25, -0.2) is 13.2 Å². The molecule has 0 aliphatic carbocycles. The van der Waals surface area contributed by atoms with E-state index in [1.165, 1.54) is 23.1 Å². The molecule has 80 heavy (non-hydrogen) atoms. The van der Waals surface area contributed by atoms with E-state index in [0.29, 0.717) is 81.2 Å². The maximum Gasteiger partial charge on any atom is 0.252 e. The van der Waals surface area contributed by atoms with E-state index >= 15 is 8.78 Å². The lowest BCUT2D eigenvalue weighted by Gasteiger charge is -2.43. The highest BCUT2D eigenvalue weighted by molar-refractivity contribution is 6.04. The number of carbonyl (C=O) groups excluding carboxylic acids is 6. The van der Waals surface area contributed by atoms with Crippen LogP contribution in [-0.4, -0.2) is 160 Å². The van der Waals surface area contributed by atoms with Gasteiger partial charge in [-0.2, -0.15) is 0 Å². The Morgan fingerprint density at radius 3 is 2.33 bits per heavy atom. The standard InChI is InChI=1S/C59H73F3N10O8/c1-35-29-70(44(28-65-35)31-69-21-24-80-33-36(69)2)32-51(74)72-34-59(4,46-16-11-39(26-49(46)72)25-38-9-13-42(60)14-10-38)58(78)64-20-17-50(73)66-43-15-12-41-30-71(54(45(41)27-43)56(76)68-53-47(61)7-6-8-48(53)62)57(77)52(40-18-22-79-23-19-40)67-55(75)37(3)63-5/h6-16,26-27,35-37,40,44,52,54,63,65H,17-25,28-34H2,1-5H3,(H,64,78)(H,66,73)(H,67,75)(H,68,76)/t35-,36-,37?,44-,52?,54+,59-/m1/s1. The molecule has 21 heteroatoms. The van der Waals surface area contributed by atoms with Crippen LogP contribution in [0.2, 0.25) is 0 Å². The first-order valence-electron chi connectivity index (χ1n) is 27.7. The Kier molecular flexibility index (Phi) is 18.4. The van der Waals surface area contributed by atoms with Crippen LogP contribution < -0.4 is 36.8 Å². The molecule has 3 fully saturated rings. The molecule has 3 saturated heterocycles. The van der Waals surface area contributed by atoms with Crippen molar-refractivity contribution >= 4 is 52.5 Å². The van der Waals surface area contributed by atoms with Gasteiger partial charge in [0.1, 0.15) is 35.2 Å². The van der Waals surface area contributed by atoms with Crippen LogP contribution in [0.15, 0.2) is 78.9 Å². The van der Waals surface area contributed by atoms with Crippen molar-refractivity contribution in [3.8, 4) is 0 Å². The molecular weight excluding hydrogens is 1030 g/mol. The molecule has 5 aliphatic heterocycles. The number of halogens is 3. The minimum atomic E-state index is -1.44. The number of nitrogens with zero attached hydrogens (tertiary/aromatic N) is 4. The number of hydrogen-bond donors (Lipinski definition) is 6. The summed E-state index contributed by atoms with van der Waals surface area (Å²) < 4.78 is 55.1. The fourth-order valence-electron chi connectivity index (χ4n) is 11.6. The molecule has 6 amide bonds. The smallest absolute Gasteiger partial charge is 0.252 e. The number of morpholine rings is 1. The van der Waals surface area contributed by atoms with Gasteiger partial charge in [0.05, 0.1) is 31.2 Å². The van der Waals surface area contributed by atoms with E-state index in [4.69, 9.17) is 9.47 Å². The summed E-state index contributed by atoms with van der Waals surface area (Å²) in [5.74, 6) is -5.69. The van der Waals surface area contributed by atoms with Crippen LogP contribution in [0.1, 0.15) is 80.8 Å². The number of likely N-dealkylation sites (N-methyl/N-ethyl adjacent to an activating group) is 1. The van der Waals surface area contributed by atoms with Gasteiger partial charge in [0, 0.05) is 94.9 Å². The molecule has 5 heterocycles. The van der Waals surface area contributed by atoms with Crippen molar-refractivity contribution in [2.45, 2.75) is 102 Å². The summed E-state index contributed by atoms with van der Waals surface area (Å²) in [5, 5.41) is 17.5. The van der Waals surface area contributed by atoms with Crippen molar-refractivity contribution in [3.63, 3.8) is 0 Å². The second-order valence-electron chi connectivity index (χ2n) is 22.1. The average molecular weight is 1110 g/mol. The van der Waals surface area contributed by atoms with Gasteiger partial charge < -0.3 is 51.2 Å². The Morgan fingerprint density at radius 2 is 1.60 bits per heavy atom. The monoisotopic (exact) mass is 1110 g/mol. The van der Waals surface area contributed by atoms with E-state index in [2.05, 4.69) is 55.5 Å². The Bertz CT molecular complexity index is 2930. The number of ether oxygens (including phenoxy) is 2. The van der Waals surface area contributed by atoms with Crippen molar-refractivity contribution < 1.29 is 51.4 Å². The molecule has 0 radical (unpaired) electrons. The van der Waals surface area contributed by atoms with Crippen LogP contribution in [-0.2, 0) is 56.6 Å². The number of fused-ring (bicyclic) bond motifs is 2.